The number of benzene rings is 1. The maximum atomic E-state index is 11.7. The molecule has 5 heteroatoms. The van der Waals surface area contributed by atoms with Gasteiger partial charge < -0.3 is 5.73 Å². The lowest BCUT2D eigenvalue weighted by molar-refractivity contribution is 0.605. The van der Waals surface area contributed by atoms with Crippen molar-refractivity contribution in [2.24, 2.45) is 5.73 Å². The van der Waals surface area contributed by atoms with E-state index in [1.165, 1.54) is 5.41 Å². The third-order valence-corrected chi connectivity index (χ3v) is 4.18. The van der Waals surface area contributed by atoms with E-state index in [1.807, 2.05) is 0 Å². The maximum absolute atomic E-state index is 11.7. The number of hydrogen-bond donors (Lipinski definition) is 1. The van der Waals surface area contributed by atoms with Crippen molar-refractivity contribution in [3.8, 4) is 0 Å². The Bertz CT molecular complexity index is 534. The summed E-state index contributed by atoms with van der Waals surface area (Å²) in [5, 5.41) is 1.73. The van der Waals surface area contributed by atoms with E-state index in [-0.39, 0.29) is 0 Å². The van der Waals surface area contributed by atoms with Crippen molar-refractivity contribution in [2.45, 2.75) is 11.3 Å². The molecule has 0 aliphatic carbocycles. The first-order valence-electron chi connectivity index (χ1n) is 4.51. The van der Waals surface area contributed by atoms with Gasteiger partial charge in [0.1, 0.15) is 0 Å². The van der Waals surface area contributed by atoms with Crippen molar-refractivity contribution in [1.29, 1.82) is 0 Å². The van der Waals surface area contributed by atoms with Crippen LogP contribution in [0.4, 0.5) is 0 Å². The van der Waals surface area contributed by atoms with Crippen LogP contribution in [0.3, 0.4) is 0 Å². The third-order valence-electron chi connectivity index (χ3n) is 2.31. The van der Waals surface area contributed by atoms with Gasteiger partial charge in [0.15, 0.2) is 0 Å². The van der Waals surface area contributed by atoms with Crippen molar-refractivity contribution in [3.05, 3.63) is 34.2 Å². The largest absolute Gasteiger partial charge is 0.330 e. The summed E-state index contributed by atoms with van der Waals surface area (Å²) in [4.78, 5) is 0.290. The van der Waals surface area contributed by atoms with E-state index in [4.69, 9.17) is 17.3 Å². The molecule has 0 bridgehead atoms. The molecule has 0 fully saturated rings. The van der Waals surface area contributed by atoms with E-state index in [9.17, 15) is 8.42 Å². The van der Waals surface area contributed by atoms with Gasteiger partial charge in [0, 0.05) is 16.0 Å². The smallest absolute Gasteiger partial charge is 0.200 e. The highest BCUT2D eigenvalue weighted by Gasteiger charge is 2.27. The molecule has 0 saturated heterocycles. The van der Waals surface area contributed by atoms with Gasteiger partial charge in [0.25, 0.3) is 0 Å². The molecule has 1 aromatic rings. The molecule has 2 rings (SSSR count). The number of sulfone groups is 1. The molecule has 1 heterocycles. The van der Waals surface area contributed by atoms with Crippen molar-refractivity contribution >= 4 is 27.0 Å². The Morgan fingerprint density at radius 1 is 1.33 bits per heavy atom. The van der Waals surface area contributed by atoms with Crippen LogP contribution in [0.5, 0.6) is 0 Å². The van der Waals surface area contributed by atoms with Crippen LogP contribution in [0, 0.1) is 0 Å². The summed E-state index contributed by atoms with van der Waals surface area (Å²) in [5.74, 6) is 0. The van der Waals surface area contributed by atoms with E-state index in [2.05, 4.69) is 0 Å². The third kappa shape index (κ3) is 1.69. The number of nitrogens with two attached hydrogens (primary N) is 1. The highest BCUT2D eigenvalue weighted by atomic mass is 35.5. The molecule has 0 unspecified atom stereocenters. The van der Waals surface area contributed by atoms with Crippen molar-refractivity contribution in [3.63, 3.8) is 0 Å². The molecule has 2 N–H and O–H groups in total. The number of hydrogen-bond acceptors (Lipinski definition) is 3. The van der Waals surface area contributed by atoms with Gasteiger partial charge in [-0.05, 0) is 30.7 Å². The second kappa shape index (κ2) is 3.63. The fourth-order valence-corrected chi connectivity index (χ4v) is 3.59. The summed E-state index contributed by atoms with van der Waals surface area (Å²) in [6, 6.07) is 4.89. The van der Waals surface area contributed by atoms with Crippen LogP contribution in [0.25, 0.3) is 5.57 Å². The van der Waals surface area contributed by atoms with Crippen molar-refractivity contribution in [2.75, 3.05) is 6.54 Å². The fraction of sp³-hybridized carbons (Fsp3) is 0.200. The lowest BCUT2D eigenvalue weighted by Crippen LogP contribution is -1.99. The van der Waals surface area contributed by atoms with Crippen LogP contribution >= 0.6 is 11.6 Å². The van der Waals surface area contributed by atoms with Crippen molar-refractivity contribution < 1.29 is 8.42 Å². The molecular weight excluding hydrogens is 234 g/mol. The lowest BCUT2D eigenvalue weighted by Gasteiger charge is -2.04. The summed E-state index contributed by atoms with van der Waals surface area (Å²) in [6.45, 7) is 0.409. The first kappa shape index (κ1) is 10.7. The molecule has 0 spiro atoms. The Morgan fingerprint density at radius 3 is 2.73 bits per heavy atom. The Balaban J connectivity index is 2.69. The lowest BCUT2D eigenvalue weighted by atomic mass is 10.1. The summed E-state index contributed by atoms with van der Waals surface area (Å²) < 4.78 is 23.4. The zero-order valence-corrected chi connectivity index (χ0v) is 9.48. The predicted octanol–water partition coefficient (Wildman–Crippen LogP) is 1.82. The van der Waals surface area contributed by atoms with E-state index in [0.717, 1.165) is 0 Å². The summed E-state index contributed by atoms with van der Waals surface area (Å²) in [6.07, 6.45) is 0.524. The van der Waals surface area contributed by atoms with Crippen LogP contribution in [0.1, 0.15) is 12.0 Å². The first-order chi connectivity index (χ1) is 7.06. The summed E-state index contributed by atoms with van der Waals surface area (Å²) in [7, 11) is -3.30. The van der Waals surface area contributed by atoms with E-state index < -0.39 is 9.84 Å². The quantitative estimate of drug-likeness (QED) is 0.862. The normalized spacial score (nSPS) is 17.3. The Hall–Kier alpha value is -0.840. The van der Waals surface area contributed by atoms with Crippen molar-refractivity contribution in [1.82, 2.24) is 0 Å². The number of halogens is 1. The molecule has 0 atom stereocenters. The van der Waals surface area contributed by atoms with Gasteiger partial charge in [-0.25, -0.2) is 8.42 Å². The van der Waals surface area contributed by atoms with Gasteiger partial charge in [0.05, 0.1) is 4.90 Å². The zero-order valence-electron chi connectivity index (χ0n) is 7.90. The number of rotatable bonds is 2. The predicted molar refractivity (Wildman–Crippen MR) is 60.3 cm³/mol. The Kier molecular flexibility index (Phi) is 2.58. The van der Waals surface area contributed by atoms with Crippen LogP contribution < -0.4 is 5.73 Å². The molecule has 0 saturated carbocycles. The molecule has 1 aliphatic heterocycles. The molecule has 0 amide bonds. The maximum Gasteiger partial charge on any atom is 0.200 e. The van der Waals surface area contributed by atoms with Crippen LogP contribution in [0.15, 0.2) is 28.5 Å². The monoisotopic (exact) mass is 243 g/mol. The highest BCUT2D eigenvalue weighted by Crippen LogP contribution is 2.39. The van der Waals surface area contributed by atoms with Gasteiger partial charge in [-0.15, -0.1) is 0 Å². The summed E-state index contributed by atoms with van der Waals surface area (Å²) >= 11 is 5.98. The minimum absolute atomic E-state index is 0.290. The van der Waals surface area contributed by atoms with Crippen LogP contribution in [-0.2, 0) is 9.84 Å². The van der Waals surface area contributed by atoms with Gasteiger partial charge in [-0.2, -0.15) is 0 Å². The molecule has 15 heavy (non-hydrogen) atoms. The minimum Gasteiger partial charge on any atom is -0.330 e. The number of fused-ring (bicyclic) bond motifs is 1. The second-order valence-electron chi connectivity index (χ2n) is 3.34. The molecule has 1 aliphatic rings. The van der Waals surface area contributed by atoms with Gasteiger partial charge in [-0.1, -0.05) is 17.7 Å². The van der Waals surface area contributed by atoms with Gasteiger partial charge >= 0.3 is 0 Å². The molecule has 0 radical (unpaired) electrons. The standard InChI is InChI=1S/C10H10ClNO2S/c11-8-2-1-3-9-10(8)7(4-5-12)6-15(9,13)14/h1-3,6H,4-5,12H2. The molecule has 1 aromatic carbocycles. The van der Waals surface area contributed by atoms with Gasteiger partial charge in [0.2, 0.25) is 9.84 Å². The Labute approximate surface area is 93.5 Å². The SMILES string of the molecule is NCCC1=CS(=O)(=O)c2cccc(Cl)c21. The first-order valence-corrected chi connectivity index (χ1v) is 6.43. The molecule has 0 aromatic heterocycles. The van der Waals surface area contributed by atoms with Gasteiger partial charge in [-0.3, -0.25) is 0 Å². The van der Waals surface area contributed by atoms with E-state index in [0.29, 0.717) is 34.0 Å². The van der Waals surface area contributed by atoms with E-state index >= 15 is 0 Å². The molecular formula is C10H10ClNO2S. The van der Waals surface area contributed by atoms with Crippen LogP contribution in [-0.4, -0.2) is 15.0 Å². The van der Waals surface area contributed by atoms with E-state index in [1.54, 1.807) is 18.2 Å². The topological polar surface area (TPSA) is 60.2 Å². The summed E-state index contributed by atoms with van der Waals surface area (Å²) in [5.41, 5.74) is 6.75. The molecule has 3 nitrogen and oxygen atoms in total. The Morgan fingerprint density at radius 2 is 2.07 bits per heavy atom. The molecule has 80 valence electrons. The average Bonchev–Trinajstić information content (AvgIpc) is 2.41. The average molecular weight is 244 g/mol. The highest BCUT2D eigenvalue weighted by molar-refractivity contribution is 7.95. The van der Waals surface area contributed by atoms with Crippen LogP contribution in [0.2, 0.25) is 5.02 Å². The fourth-order valence-electron chi connectivity index (χ4n) is 1.70. The zero-order chi connectivity index (χ0) is 11.1. The second-order valence-corrected chi connectivity index (χ2v) is 5.51. The minimum atomic E-state index is -3.30.